The highest BCUT2D eigenvalue weighted by Gasteiger charge is 2.36. The van der Waals surface area contributed by atoms with Crippen LogP contribution in [0.2, 0.25) is 0 Å². The smallest absolute Gasteiger partial charge is 0.252 e. The van der Waals surface area contributed by atoms with Gasteiger partial charge in [-0.15, -0.1) is 5.10 Å². The molecule has 0 radical (unpaired) electrons. The molecule has 0 spiro atoms. The van der Waals surface area contributed by atoms with Crippen molar-refractivity contribution in [1.82, 2.24) is 15.0 Å². The second-order valence-electron chi connectivity index (χ2n) is 5.64. The molecule has 1 aromatic carbocycles. The van der Waals surface area contributed by atoms with Crippen LogP contribution in [0.25, 0.3) is 0 Å². The standard InChI is InChI=1S/C15H15FN4O/c16-11-3-1-2-4-13(11)19-8-7-14(15(19)21)20-9-12(17-18-20)10-5-6-10/h1-4,9-10,14H,5-8H2. The van der Waals surface area contributed by atoms with E-state index < -0.39 is 0 Å². The van der Waals surface area contributed by atoms with Gasteiger partial charge in [0.25, 0.3) is 5.91 Å². The number of hydrogen-bond donors (Lipinski definition) is 0. The third kappa shape index (κ3) is 2.11. The highest BCUT2D eigenvalue weighted by molar-refractivity contribution is 5.98. The highest BCUT2D eigenvalue weighted by Crippen LogP contribution is 2.39. The maximum Gasteiger partial charge on any atom is 0.252 e. The highest BCUT2D eigenvalue weighted by atomic mass is 19.1. The van der Waals surface area contributed by atoms with Gasteiger partial charge >= 0.3 is 0 Å². The molecule has 108 valence electrons. The molecule has 2 aliphatic rings. The first kappa shape index (κ1) is 12.5. The summed E-state index contributed by atoms with van der Waals surface area (Å²) in [5, 5.41) is 8.23. The number of carbonyl (C=O) groups excluding carboxylic acids is 1. The SMILES string of the molecule is O=C1C(n2cc(C3CC3)nn2)CCN1c1ccccc1F. The van der Waals surface area contributed by atoms with Gasteiger partial charge in [-0.1, -0.05) is 17.3 Å². The van der Waals surface area contributed by atoms with E-state index in [1.54, 1.807) is 22.9 Å². The summed E-state index contributed by atoms with van der Waals surface area (Å²) in [6, 6.07) is 5.99. The van der Waals surface area contributed by atoms with E-state index in [2.05, 4.69) is 10.3 Å². The van der Waals surface area contributed by atoms with Crippen LogP contribution >= 0.6 is 0 Å². The summed E-state index contributed by atoms with van der Waals surface area (Å²) in [5.74, 6) is 0.0223. The van der Waals surface area contributed by atoms with Crippen molar-refractivity contribution in [2.24, 2.45) is 0 Å². The molecule has 1 aromatic heterocycles. The molecule has 21 heavy (non-hydrogen) atoms. The number of halogens is 1. The third-order valence-corrected chi connectivity index (χ3v) is 4.16. The van der Waals surface area contributed by atoms with Crippen molar-refractivity contribution in [3.8, 4) is 0 Å². The molecular weight excluding hydrogens is 271 g/mol. The van der Waals surface area contributed by atoms with Gasteiger partial charge in [-0.3, -0.25) is 4.79 Å². The molecule has 1 saturated carbocycles. The van der Waals surface area contributed by atoms with Crippen LogP contribution in [0.3, 0.4) is 0 Å². The predicted octanol–water partition coefficient (Wildman–Crippen LogP) is 2.27. The molecule has 1 amide bonds. The summed E-state index contributed by atoms with van der Waals surface area (Å²) in [6.07, 6.45) is 4.79. The molecule has 2 aromatic rings. The first-order valence-corrected chi connectivity index (χ1v) is 7.21. The van der Waals surface area contributed by atoms with Crippen LogP contribution < -0.4 is 4.90 Å². The van der Waals surface area contributed by atoms with Gasteiger partial charge in [0, 0.05) is 18.7 Å². The van der Waals surface area contributed by atoms with E-state index in [9.17, 15) is 9.18 Å². The number of rotatable bonds is 3. The second-order valence-corrected chi connectivity index (χ2v) is 5.64. The summed E-state index contributed by atoms with van der Waals surface area (Å²) in [7, 11) is 0. The summed E-state index contributed by atoms with van der Waals surface area (Å²) in [5.41, 5.74) is 1.31. The van der Waals surface area contributed by atoms with Gasteiger partial charge in [0.1, 0.15) is 11.9 Å². The quantitative estimate of drug-likeness (QED) is 0.869. The second kappa shape index (κ2) is 4.65. The Kier molecular flexibility index (Phi) is 2.77. The van der Waals surface area contributed by atoms with Crippen molar-refractivity contribution in [3.05, 3.63) is 42.0 Å². The molecular formula is C15H15FN4O. The monoisotopic (exact) mass is 286 g/mol. The summed E-state index contributed by atoms with van der Waals surface area (Å²) < 4.78 is 15.5. The Bertz CT molecular complexity index is 694. The Morgan fingerprint density at radius 2 is 2.00 bits per heavy atom. The van der Waals surface area contributed by atoms with Crippen molar-refractivity contribution in [2.75, 3.05) is 11.4 Å². The molecule has 1 aliphatic carbocycles. The maximum atomic E-state index is 13.8. The number of para-hydroxylation sites is 1. The third-order valence-electron chi connectivity index (χ3n) is 4.16. The predicted molar refractivity (Wildman–Crippen MR) is 74.4 cm³/mol. The molecule has 1 aliphatic heterocycles. The zero-order valence-corrected chi connectivity index (χ0v) is 11.4. The molecule has 0 N–H and O–H groups in total. The van der Waals surface area contributed by atoms with Crippen LogP contribution in [-0.4, -0.2) is 27.4 Å². The minimum absolute atomic E-state index is 0.118. The number of hydrogen-bond acceptors (Lipinski definition) is 3. The van der Waals surface area contributed by atoms with Crippen LogP contribution in [0.1, 0.15) is 36.9 Å². The first-order chi connectivity index (χ1) is 10.2. The fourth-order valence-electron chi connectivity index (χ4n) is 2.83. The zero-order chi connectivity index (χ0) is 14.4. The van der Waals surface area contributed by atoms with E-state index in [4.69, 9.17) is 0 Å². The van der Waals surface area contributed by atoms with E-state index in [0.29, 0.717) is 24.6 Å². The van der Waals surface area contributed by atoms with Crippen molar-refractivity contribution >= 4 is 11.6 Å². The number of anilines is 1. The molecule has 6 heteroatoms. The van der Waals surface area contributed by atoms with Gasteiger partial charge in [0.05, 0.1) is 11.4 Å². The van der Waals surface area contributed by atoms with E-state index in [1.807, 2.05) is 6.20 Å². The van der Waals surface area contributed by atoms with Gasteiger partial charge in [-0.05, 0) is 31.4 Å². The Balaban J connectivity index is 1.59. The van der Waals surface area contributed by atoms with E-state index in [1.165, 1.54) is 11.0 Å². The van der Waals surface area contributed by atoms with Crippen LogP contribution in [0.4, 0.5) is 10.1 Å². The van der Waals surface area contributed by atoms with Crippen LogP contribution in [0, 0.1) is 5.82 Å². The lowest BCUT2D eigenvalue weighted by molar-refractivity contribution is -0.120. The molecule has 2 fully saturated rings. The van der Waals surface area contributed by atoms with Gasteiger partial charge in [0.2, 0.25) is 0 Å². The van der Waals surface area contributed by atoms with Gasteiger partial charge < -0.3 is 4.90 Å². The normalized spacial score (nSPS) is 22.0. The largest absolute Gasteiger partial charge is 0.308 e. The van der Waals surface area contributed by atoms with E-state index in [-0.39, 0.29) is 17.8 Å². The van der Waals surface area contributed by atoms with Gasteiger partial charge in [0.15, 0.2) is 0 Å². The number of aromatic nitrogens is 3. The maximum absolute atomic E-state index is 13.8. The molecule has 4 rings (SSSR count). The van der Waals surface area contributed by atoms with Gasteiger partial charge in [-0.2, -0.15) is 0 Å². The van der Waals surface area contributed by atoms with Crippen molar-refractivity contribution in [1.29, 1.82) is 0 Å². The topological polar surface area (TPSA) is 51.0 Å². The van der Waals surface area contributed by atoms with E-state index >= 15 is 0 Å². The lowest BCUT2D eigenvalue weighted by Gasteiger charge is -2.17. The fraction of sp³-hybridized carbons (Fsp3) is 0.400. The Morgan fingerprint density at radius 3 is 2.76 bits per heavy atom. The zero-order valence-electron chi connectivity index (χ0n) is 11.4. The summed E-state index contributed by atoms with van der Waals surface area (Å²) in [4.78, 5) is 14.0. The minimum Gasteiger partial charge on any atom is -0.308 e. The lowest BCUT2D eigenvalue weighted by Crippen LogP contribution is -2.29. The molecule has 1 saturated heterocycles. The first-order valence-electron chi connectivity index (χ1n) is 7.21. The fourth-order valence-corrected chi connectivity index (χ4v) is 2.83. The molecule has 5 nitrogen and oxygen atoms in total. The average molecular weight is 286 g/mol. The number of benzene rings is 1. The van der Waals surface area contributed by atoms with Crippen LogP contribution in [0.15, 0.2) is 30.5 Å². The number of carbonyl (C=O) groups is 1. The molecule has 1 atom stereocenters. The molecule has 2 heterocycles. The summed E-state index contributed by atoms with van der Waals surface area (Å²) >= 11 is 0. The number of amides is 1. The Morgan fingerprint density at radius 1 is 1.19 bits per heavy atom. The van der Waals surface area contributed by atoms with Gasteiger partial charge in [-0.25, -0.2) is 9.07 Å². The lowest BCUT2D eigenvalue weighted by atomic mass is 10.2. The Labute approximate surface area is 121 Å². The summed E-state index contributed by atoms with van der Waals surface area (Å²) in [6.45, 7) is 0.503. The van der Waals surface area contributed by atoms with E-state index in [0.717, 1.165) is 18.5 Å². The Hall–Kier alpha value is -2.24. The number of nitrogens with zero attached hydrogens (tertiary/aromatic N) is 4. The van der Waals surface area contributed by atoms with Crippen molar-refractivity contribution in [2.45, 2.75) is 31.2 Å². The molecule has 1 unspecified atom stereocenters. The minimum atomic E-state index is -0.372. The molecule has 0 bridgehead atoms. The average Bonchev–Trinajstić information content (AvgIpc) is 3.10. The van der Waals surface area contributed by atoms with Crippen LogP contribution in [0.5, 0.6) is 0 Å². The van der Waals surface area contributed by atoms with Crippen LogP contribution in [-0.2, 0) is 4.79 Å². The van der Waals surface area contributed by atoms with Crippen molar-refractivity contribution in [3.63, 3.8) is 0 Å². The van der Waals surface area contributed by atoms with Crippen molar-refractivity contribution < 1.29 is 9.18 Å².